The van der Waals surface area contributed by atoms with Gasteiger partial charge in [-0.3, -0.25) is 4.79 Å². The smallest absolute Gasteiger partial charge is 0.317 e. The number of hydrogen-bond donors (Lipinski definition) is 2. The number of nitrogens with zero attached hydrogens (tertiary/aromatic N) is 1. The molecule has 2 N–H and O–H groups in total. The van der Waals surface area contributed by atoms with E-state index in [0.29, 0.717) is 12.0 Å². The highest BCUT2D eigenvalue weighted by molar-refractivity contribution is 5.76. The number of rotatable bonds is 6. The summed E-state index contributed by atoms with van der Waals surface area (Å²) in [6.07, 6.45) is 6.52. The Morgan fingerprint density at radius 2 is 2.16 bits per heavy atom. The second kappa shape index (κ2) is 5.80. The molecule has 19 heavy (non-hydrogen) atoms. The molecule has 0 bridgehead atoms. The maximum atomic E-state index is 12.1. The molecule has 1 aliphatic carbocycles. The molecule has 1 saturated carbocycles. The van der Waals surface area contributed by atoms with Gasteiger partial charge in [0.25, 0.3) is 0 Å². The minimum absolute atomic E-state index is 0.0630. The van der Waals surface area contributed by atoms with Gasteiger partial charge in [-0.25, -0.2) is 4.79 Å². The van der Waals surface area contributed by atoms with E-state index in [4.69, 9.17) is 5.11 Å². The molecular weight excluding hydrogens is 244 g/mol. The Bertz CT molecular complexity index is 353. The topological polar surface area (TPSA) is 69.6 Å². The van der Waals surface area contributed by atoms with Gasteiger partial charge in [0, 0.05) is 19.1 Å². The molecule has 0 aromatic carbocycles. The molecule has 5 nitrogen and oxygen atoms in total. The van der Waals surface area contributed by atoms with Gasteiger partial charge in [0.15, 0.2) is 0 Å². The highest BCUT2D eigenvalue weighted by atomic mass is 16.4. The summed E-state index contributed by atoms with van der Waals surface area (Å²) in [5, 5.41) is 11.9. The zero-order valence-electron chi connectivity index (χ0n) is 11.7. The van der Waals surface area contributed by atoms with Crippen LogP contribution in [0.3, 0.4) is 0 Å². The molecule has 0 aromatic heterocycles. The number of carboxylic acids is 1. The number of amides is 2. The molecule has 2 amide bonds. The van der Waals surface area contributed by atoms with Gasteiger partial charge < -0.3 is 15.3 Å². The van der Waals surface area contributed by atoms with Crippen molar-refractivity contribution in [2.75, 3.05) is 13.1 Å². The molecule has 1 saturated heterocycles. The largest absolute Gasteiger partial charge is 0.481 e. The van der Waals surface area contributed by atoms with Gasteiger partial charge in [-0.05, 0) is 37.5 Å². The molecule has 5 heteroatoms. The molecule has 0 spiro atoms. The highest BCUT2D eigenvalue weighted by Crippen LogP contribution is 2.48. The lowest BCUT2D eigenvalue weighted by atomic mass is 10.0. The van der Waals surface area contributed by atoms with Gasteiger partial charge in [0.1, 0.15) is 0 Å². The van der Waals surface area contributed by atoms with Crippen molar-refractivity contribution in [3.05, 3.63) is 0 Å². The maximum Gasteiger partial charge on any atom is 0.317 e. The molecule has 2 aliphatic rings. The lowest BCUT2D eigenvalue weighted by Gasteiger charge is -2.25. The summed E-state index contributed by atoms with van der Waals surface area (Å²) in [6.45, 7) is 3.60. The van der Waals surface area contributed by atoms with Gasteiger partial charge in [-0.2, -0.15) is 0 Å². The average molecular weight is 268 g/mol. The SMILES string of the molecule is CCCC1(CNC(=O)N2CCCC2CC(=O)O)CC1. The zero-order valence-corrected chi connectivity index (χ0v) is 11.7. The van der Waals surface area contributed by atoms with E-state index in [1.54, 1.807) is 4.90 Å². The Morgan fingerprint density at radius 3 is 2.74 bits per heavy atom. The van der Waals surface area contributed by atoms with E-state index in [-0.39, 0.29) is 18.5 Å². The van der Waals surface area contributed by atoms with Crippen LogP contribution in [0.15, 0.2) is 0 Å². The lowest BCUT2D eigenvalue weighted by Crippen LogP contribution is -2.45. The van der Waals surface area contributed by atoms with Crippen molar-refractivity contribution in [1.82, 2.24) is 10.2 Å². The summed E-state index contributed by atoms with van der Waals surface area (Å²) in [6, 6.07) is -0.204. The maximum absolute atomic E-state index is 12.1. The fraction of sp³-hybridized carbons (Fsp3) is 0.857. The monoisotopic (exact) mass is 268 g/mol. The number of carbonyl (C=O) groups is 2. The second-order valence-corrected chi connectivity index (χ2v) is 6.00. The van der Waals surface area contributed by atoms with Gasteiger partial charge in [0.2, 0.25) is 0 Å². The number of nitrogens with one attached hydrogen (secondary N) is 1. The first-order valence-electron chi connectivity index (χ1n) is 7.32. The van der Waals surface area contributed by atoms with E-state index in [2.05, 4.69) is 12.2 Å². The molecule has 0 aromatic rings. The summed E-state index contributed by atoms with van der Waals surface area (Å²) in [5.41, 5.74) is 0.340. The third-order valence-electron chi connectivity index (χ3n) is 4.40. The van der Waals surface area contributed by atoms with Crippen LogP contribution in [0.4, 0.5) is 4.79 Å². The Morgan fingerprint density at radius 1 is 1.42 bits per heavy atom. The molecule has 108 valence electrons. The van der Waals surface area contributed by atoms with Crippen LogP contribution in [0.25, 0.3) is 0 Å². The second-order valence-electron chi connectivity index (χ2n) is 6.00. The standard InChI is InChI=1S/C14H24N2O3/c1-2-5-14(6-7-14)10-15-13(19)16-8-3-4-11(16)9-12(17)18/h11H,2-10H2,1H3,(H,15,19)(H,17,18). The first-order chi connectivity index (χ1) is 9.06. The number of carboxylic acid groups (broad SMARTS) is 1. The van der Waals surface area contributed by atoms with Crippen LogP contribution in [0, 0.1) is 5.41 Å². The molecule has 1 atom stereocenters. The normalized spacial score (nSPS) is 24.3. The molecule has 1 aliphatic heterocycles. The molecule has 1 unspecified atom stereocenters. The minimum atomic E-state index is -0.825. The quantitative estimate of drug-likeness (QED) is 0.776. The number of carbonyl (C=O) groups excluding carboxylic acids is 1. The number of urea groups is 1. The van der Waals surface area contributed by atoms with Gasteiger partial charge >= 0.3 is 12.0 Å². The number of hydrogen-bond acceptors (Lipinski definition) is 2. The van der Waals surface area contributed by atoms with Crippen LogP contribution < -0.4 is 5.32 Å². The predicted octanol–water partition coefficient (Wildman–Crippen LogP) is 2.22. The molecular formula is C14H24N2O3. The van der Waals surface area contributed by atoms with Crippen molar-refractivity contribution in [1.29, 1.82) is 0 Å². The molecule has 0 radical (unpaired) electrons. The van der Waals surface area contributed by atoms with E-state index in [0.717, 1.165) is 25.8 Å². The van der Waals surface area contributed by atoms with E-state index >= 15 is 0 Å². The Hall–Kier alpha value is -1.26. The van der Waals surface area contributed by atoms with Crippen molar-refractivity contribution in [3.63, 3.8) is 0 Å². The van der Waals surface area contributed by atoms with Crippen molar-refractivity contribution in [3.8, 4) is 0 Å². The number of aliphatic carboxylic acids is 1. The fourth-order valence-electron chi connectivity index (χ4n) is 3.10. The third-order valence-corrected chi connectivity index (χ3v) is 4.40. The predicted molar refractivity (Wildman–Crippen MR) is 72.0 cm³/mol. The van der Waals surface area contributed by atoms with Crippen LogP contribution in [-0.4, -0.2) is 41.1 Å². The molecule has 1 heterocycles. The first kappa shape index (κ1) is 14.2. The zero-order chi connectivity index (χ0) is 13.9. The summed E-state index contributed by atoms with van der Waals surface area (Å²) in [7, 11) is 0. The Kier molecular flexibility index (Phi) is 4.32. The third kappa shape index (κ3) is 3.61. The van der Waals surface area contributed by atoms with Crippen molar-refractivity contribution in [2.45, 2.75) is 57.9 Å². The molecule has 2 rings (SSSR count). The Balaban J connectivity index is 1.80. The first-order valence-corrected chi connectivity index (χ1v) is 7.32. The lowest BCUT2D eigenvalue weighted by molar-refractivity contribution is -0.137. The fourth-order valence-corrected chi connectivity index (χ4v) is 3.10. The van der Waals surface area contributed by atoms with Gasteiger partial charge in [-0.1, -0.05) is 13.3 Å². The van der Waals surface area contributed by atoms with Crippen molar-refractivity contribution in [2.24, 2.45) is 5.41 Å². The van der Waals surface area contributed by atoms with Crippen molar-refractivity contribution < 1.29 is 14.7 Å². The summed E-state index contributed by atoms with van der Waals surface area (Å²) in [5.74, 6) is -0.825. The summed E-state index contributed by atoms with van der Waals surface area (Å²) < 4.78 is 0. The van der Waals surface area contributed by atoms with Crippen LogP contribution >= 0.6 is 0 Å². The molecule has 2 fully saturated rings. The number of likely N-dealkylation sites (tertiary alicyclic amines) is 1. The average Bonchev–Trinajstić information content (AvgIpc) is 2.96. The van der Waals surface area contributed by atoms with Gasteiger partial charge in [-0.15, -0.1) is 0 Å². The van der Waals surface area contributed by atoms with Crippen LogP contribution in [0.2, 0.25) is 0 Å². The minimum Gasteiger partial charge on any atom is -0.481 e. The van der Waals surface area contributed by atoms with Gasteiger partial charge in [0.05, 0.1) is 6.42 Å². The van der Waals surface area contributed by atoms with E-state index in [1.807, 2.05) is 0 Å². The van der Waals surface area contributed by atoms with E-state index < -0.39 is 5.97 Å². The van der Waals surface area contributed by atoms with E-state index in [1.165, 1.54) is 19.3 Å². The van der Waals surface area contributed by atoms with Crippen LogP contribution in [0.5, 0.6) is 0 Å². The summed E-state index contributed by atoms with van der Waals surface area (Å²) >= 11 is 0. The summed E-state index contributed by atoms with van der Waals surface area (Å²) in [4.78, 5) is 24.6. The van der Waals surface area contributed by atoms with Crippen LogP contribution in [0.1, 0.15) is 51.9 Å². The van der Waals surface area contributed by atoms with Crippen molar-refractivity contribution >= 4 is 12.0 Å². The van der Waals surface area contributed by atoms with E-state index in [9.17, 15) is 9.59 Å². The van der Waals surface area contributed by atoms with Crippen LogP contribution in [-0.2, 0) is 4.79 Å². The Labute approximate surface area is 114 Å². The highest BCUT2D eigenvalue weighted by Gasteiger charge is 2.42.